The molecule has 2 nitrogen and oxygen atoms in total. The molecule has 0 aromatic heterocycles. The number of rotatable bonds is 4. The summed E-state index contributed by atoms with van der Waals surface area (Å²) >= 11 is 5.98. The summed E-state index contributed by atoms with van der Waals surface area (Å²) in [5, 5.41) is 0.320. The van der Waals surface area contributed by atoms with Crippen LogP contribution in [0.2, 0.25) is 5.02 Å². The van der Waals surface area contributed by atoms with Crippen molar-refractivity contribution in [3.05, 3.63) is 64.4 Å². The lowest BCUT2D eigenvalue weighted by Crippen LogP contribution is -2.14. The Kier molecular flexibility index (Phi) is 5.74. The van der Waals surface area contributed by atoms with Crippen LogP contribution in [0, 0.1) is 11.7 Å². The highest BCUT2D eigenvalue weighted by Crippen LogP contribution is 2.37. The minimum Gasteiger partial charge on any atom is -0.421 e. The molecule has 0 heterocycles. The van der Waals surface area contributed by atoms with Gasteiger partial charge in [-0.15, -0.1) is 0 Å². The lowest BCUT2D eigenvalue weighted by Gasteiger charge is -2.28. The Morgan fingerprint density at radius 1 is 1.16 bits per heavy atom. The maximum absolute atomic E-state index is 14.5. The monoisotopic (exact) mass is 360 g/mol. The third kappa shape index (κ3) is 4.21. The molecule has 4 heteroatoms. The standard InChI is InChI=1S/C21H22ClFO2/c1-2-14-7-9-15(10-8-14)16-11-12-17(19(23)13-16)21(24)25-20-6-4-3-5-18(20)22/h3-6,11-15H,2,7-10H2,1H3/t14-,15-. The van der Waals surface area contributed by atoms with E-state index in [1.54, 1.807) is 24.3 Å². The number of carbonyl (C=O) groups is 1. The lowest BCUT2D eigenvalue weighted by atomic mass is 9.78. The summed E-state index contributed by atoms with van der Waals surface area (Å²) in [4.78, 5) is 12.2. The summed E-state index contributed by atoms with van der Waals surface area (Å²) in [6.45, 7) is 2.23. The molecule has 0 atom stereocenters. The van der Waals surface area contributed by atoms with Gasteiger partial charge in [-0.3, -0.25) is 0 Å². The van der Waals surface area contributed by atoms with Crippen LogP contribution in [-0.4, -0.2) is 5.97 Å². The number of hydrogen-bond acceptors (Lipinski definition) is 2. The number of ether oxygens (including phenoxy) is 1. The molecule has 3 rings (SSSR count). The summed E-state index contributed by atoms with van der Waals surface area (Å²) < 4.78 is 19.7. The Bertz CT molecular complexity index is 751. The zero-order chi connectivity index (χ0) is 17.8. The predicted octanol–water partition coefficient (Wildman–Crippen LogP) is 6.38. The molecule has 0 bridgehead atoms. The average Bonchev–Trinajstić information content (AvgIpc) is 2.63. The molecule has 0 spiro atoms. The van der Waals surface area contributed by atoms with E-state index < -0.39 is 11.8 Å². The maximum Gasteiger partial charge on any atom is 0.346 e. The molecular formula is C21H22ClFO2. The van der Waals surface area contributed by atoms with Crippen LogP contribution in [0.3, 0.4) is 0 Å². The molecule has 0 saturated heterocycles. The Morgan fingerprint density at radius 3 is 2.52 bits per heavy atom. The first kappa shape index (κ1) is 17.9. The fourth-order valence-corrected chi connectivity index (χ4v) is 3.71. The van der Waals surface area contributed by atoms with Crippen molar-refractivity contribution in [3.8, 4) is 5.75 Å². The van der Waals surface area contributed by atoms with Crippen molar-refractivity contribution >= 4 is 17.6 Å². The highest BCUT2D eigenvalue weighted by Gasteiger charge is 2.23. The topological polar surface area (TPSA) is 26.3 Å². The summed E-state index contributed by atoms with van der Waals surface area (Å²) in [7, 11) is 0. The molecule has 0 radical (unpaired) electrons. The van der Waals surface area contributed by atoms with Crippen molar-refractivity contribution in [1.29, 1.82) is 0 Å². The molecule has 0 aliphatic heterocycles. The number of carbonyl (C=O) groups excluding carboxylic acids is 1. The normalized spacial score (nSPS) is 20.3. The quantitative estimate of drug-likeness (QED) is 0.467. The van der Waals surface area contributed by atoms with E-state index in [9.17, 15) is 9.18 Å². The Morgan fingerprint density at radius 2 is 1.88 bits per heavy atom. The molecular weight excluding hydrogens is 339 g/mol. The van der Waals surface area contributed by atoms with Crippen LogP contribution in [0.5, 0.6) is 5.75 Å². The van der Waals surface area contributed by atoms with Gasteiger partial charge in [0.1, 0.15) is 11.6 Å². The van der Waals surface area contributed by atoms with Crippen molar-refractivity contribution in [2.45, 2.75) is 44.9 Å². The van der Waals surface area contributed by atoms with Gasteiger partial charge in [0, 0.05) is 0 Å². The second-order valence-electron chi connectivity index (χ2n) is 6.69. The van der Waals surface area contributed by atoms with Gasteiger partial charge in [-0.05, 0) is 67.3 Å². The van der Waals surface area contributed by atoms with Gasteiger partial charge < -0.3 is 4.74 Å². The van der Waals surface area contributed by atoms with Gasteiger partial charge in [-0.1, -0.05) is 43.1 Å². The van der Waals surface area contributed by atoms with E-state index in [0.29, 0.717) is 10.9 Å². The van der Waals surface area contributed by atoms with E-state index in [4.69, 9.17) is 16.3 Å². The van der Waals surface area contributed by atoms with Crippen molar-refractivity contribution in [1.82, 2.24) is 0 Å². The van der Waals surface area contributed by atoms with Crippen LogP contribution in [-0.2, 0) is 0 Å². The molecule has 1 fully saturated rings. The lowest BCUT2D eigenvalue weighted by molar-refractivity contribution is 0.0730. The second kappa shape index (κ2) is 8.01. The van der Waals surface area contributed by atoms with Crippen molar-refractivity contribution in [2.75, 3.05) is 0 Å². The van der Waals surface area contributed by atoms with Crippen LogP contribution >= 0.6 is 11.6 Å². The molecule has 2 aromatic rings. The second-order valence-corrected chi connectivity index (χ2v) is 7.09. The zero-order valence-electron chi connectivity index (χ0n) is 14.3. The molecule has 25 heavy (non-hydrogen) atoms. The van der Waals surface area contributed by atoms with Crippen molar-refractivity contribution < 1.29 is 13.9 Å². The van der Waals surface area contributed by atoms with Gasteiger partial charge in [-0.2, -0.15) is 0 Å². The molecule has 1 aliphatic carbocycles. The first-order valence-corrected chi connectivity index (χ1v) is 9.22. The van der Waals surface area contributed by atoms with Gasteiger partial charge in [0.15, 0.2) is 0 Å². The number of hydrogen-bond donors (Lipinski definition) is 0. The van der Waals surface area contributed by atoms with Crippen molar-refractivity contribution in [2.24, 2.45) is 5.92 Å². The highest BCUT2D eigenvalue weighted by molar-refractivity contribution is 6.32. The molecule has 0 amide bonds. The Labute approximate surface area is 153 Å². The van der Waals surface area contributed by atoms with E-state index in [1.165, 1.54) is 31.4 Å². The summed E-state index contributed by atoms with van der Waals surface area (Å²) in [5.41, 5.74) is 0.910. The molecule has 0 unspecified atom stereocenters. The van der Waals surface area contributed by atoms with Crippen molar-refractivity contribution in [3.63, 3.8) is 0 Å². The fourth-order valence-electron chi connectivity index (χ4n) is 3.54. The van der Waals surface area contributed by atoms with E-state index in [1.807, 2.05) is 6.07 Å². The number of benzene rings is 2. The van der Waals surface area contributed by atoms with Crippen LogP contribution in [0.4, 0.5) is 4.39 Å². The predicted molar refractivity (Wildman–Crippen MR) is 97.8 cm³/mol. The molecule has 1 saturated carbocycles. The van der Waals surface area contributed by atoms with Gasteiger partial charge >= 0.3 is 5.97 Å². The highest BCUT2D eigenvalue weighted by atomic mass is 35.5. The number of para-hydroxylation sites is 1. The Balaban J connectivity index is 1.71. The summed E-state index contributed by atoms with van der Waals surface area (Å²) in [6, 6.07) is 11.5. The number of halogens is 2. The van der Waals surface area contributed by atoms with Crippen LogP contribution in [0.15, 0.2) is 42.5 Å². The fraction of sp³-hybridized carbons (Fsp3) is 0.381. The van der Waals surface area contributed by atoms with E-state index in [-0.39, 0.29) is 11.3 Å². The largest absolute Gasteiger partial charge is 0.421 e. The smallest absolute Gasteiger partial charge is 0.346 e. The maximum atomic E-state index is 14.5. The first-order chi connectivity index (χ1) is 12.1. The van der Waals surface area contributed by atoms with Gasteiger partial charge in [0.25, 0.3) is 0 Å². The minimum absolute atomic E-state index is 0.0640. The third-order valence-corrected chi connectivity index (χ3v) is 5.46. The summed E-state index contributed by atoms with van der Waals surface area (Å²) in [6.07, 6.45) is 5.77. The zero-order valence-corrected chi connectivity index (χ0v) is 15.1. The Hall–Kier alpha value is -1.87. The minimum atomic E-state index is -0.730. The van der Waals surface area contributed by atoms with E-state index in [0.717, 1.165) is 24.3 Å². The van der Waals surface area contributed by atoms with Gasteiger partial charge in [0.2, 0.25) is 0 Å². The molecule has 1 aliphatic rings. The van der Waals surface area contributed by atoms with Gasteiger partial charge in [0.05, 0.1) is 10.6 Å². The first-order valence-electron chi connectivity index (χ1n) is 8.84. The van der Waals surface area contributed by atoms with E-state index >= 15 is 0 Å². The third-order valence-electron chi connectivity index (χ3n) is 5.15. The molecule has 2 aromatic carbocycles. The SMILES string of the molecule is CC[C@H]1CC[C@H](c2ccc(C(=O)Oc3ccccc3Cl)c(F)c2)CC1. The van der Waals surface area contributed by atoms with Crippen LogP contribution in [0.25, 0.3) is 0 Å². The summed E-state index contributed by atoms with van der Waals surface area (Å²) in [5.74, 6) is 0.145. The average molecular weight is 361 g/mol. The van der Waals surface area contributed by atoms with Gasteiger partial charge in [-0.25, -0.2) is 9.18 Å². The number of esters is 1. The van der Waals surface area contributed by atoms with Crippen LogP contribution in [0.1, 0.15) is 60.9 Å². The molecule has 0 N–H and O–H groups in total. The van der Waals surface area contributed by atoms with E-state index in [2.05, 4.69) is 6.92 Å². The molecule has 132 valence electrons. The van der Waals surface area contributed by atoms with Crippen LogP contribution < -0.4 is 4.74 Å².